The molecule has 0 spiro atoms. The second-order valence-electron chi connectivity index (χ2n) is 4.98. The van der Waals surface area contributed by atoms with E-state index in [4.69, 9.17) is 5.73 Å². The number of ether oxygens (including phenoxy) is 1. The summed E-state index contributed by atoms with van der Waals surface area (Å²) in [5, 5.41) is 9.89. The summed E-state index contributed by atoms with van der Waals surface area (Å²) in [6, 6.07) is 4.99. The van der Waals surface area contributed by atoms with Gasteiger partial charge in [-0.25, -0.2) is 0 Å². The van der Waals surface area contributed by atoms with Crippen molar-refractivity contribution in [1.82, 2.24) is 0 Å². The summed E-state index contributed by atoms with van der Waals surface area (Å²) >= 11 is 2.91. The molecule has 1 atom stereocenters. The molecule has 0 unspecified atom stereocenters. The van der Waals surface area contributed by atoms with Crippen LogP contribution in [0.15, 0.2) is 40.9 Å². The molecule has 3 N–H and O–H groups in total. The molecular weight excluding hydrogens is 456 g/mol. The Morgan fingerprint density at radius 3 is 2.00 bits per heavy atom. The lowest BCUT2D eigenvalue weighted by atomic mass is 9.96. The Morgan fingerprint density at radius 2 is 1.54 bits per heavy atom. The third kappa shape index (κ3) is 5.42. The van der Waals surface area contributed by atoms with Gasteiger partial charge in [-0.1, -0.05) is 28.1 Å². The molecule has 0 aliphatic heterocycles. The average Bonchev–Trinajstić information content (AvgIpc) is 2.46. The Bertz CT molecular complexity index is 764. The van der Waals surface area contributed by atoms with Crippen LogP contribution in [-0.2, 0) is 6.18 Å². The molecule has 2 aromatic rings. The largest absolute Gasteiger partial charge is 0.573 e. The van der Waals surface area contributed by atoms with Crippen molar-refractivity contribution < 1.29 is 36.2 Å². The number of phenolic OH excluding ortho intramolecular Hbond substituents is 1. The molecule has 0 aromatic heterocycles. The number of halogens is 8. The first kappa shape index (κ1) is 22.4. The fourth-order valence-corrected chi connectivity index (χ4v) is 2.61. The molecule has 0 radical (unpaired) electrons. The molecule has 0 saturated carbocycles. The predicted octanol–water partition coefficient (Wildman–Crippen LogP) is 5.54. The molecule has 0 aliphatic carbocycles. The van der Waals surface area contributed by atoms with E-state index in [1.54, 1.807) is 0 Å². The van der Waals surface area contributed by atoms with Crippen molar-refractivity contribution in [2.75, 3.05) is 0 Å². The standard InChI is InChI=1S/C15H10BrF6NO2.ClH/c16-8-5-10(13(24)11(6-8)14(17,18)19)12(23)7-1-3-9(4-2-7)25-15(20,21)22;/h1-6,12,24H,23H2;1H/t12-;/m1./s1. The molecule has 0 heterocycles. The normalized spacial score (nSPS) is 13.1. The van der Waals surface area contributed by atoms with E-state index in [0.717, 1.165) is 12.1 Å². The summed E-state index contributed by atoms with van der Waals surface area (Å²) in [5.74, 6) is -1.54. The topological polar surface area (TPSA) is 55.5 Å². The summed E-state index contributed by atoms with van der Waals surface area (Å²) < 4.78 is 78.9. The zero-order valence-corrected chi connectivity index (χ0v) is 14.9. The van der Waals surface area contributed by atoms with Gasteiger partial charge in [0.15, 0.2) is 0 Å². The Morgan fingerprint density at radius 1 is 1.00 bits per heavy atom. The van der Waals surface area contributed by atoms with Gasteiger partial charge in [0.2, 0.25) is 0 Å². The van der Waals surface area contributed by atoms with E-state index in [-0.39, 0.29) is 28.0 Å². The van der Waals surface area contributed by atoms with Crippen molar-refractivity contribution in [2.24, 2.45) is 5.73 Å². The minimum Gasteiger partial charge on any atom is -0.507 e. The van der Waals surface area contributed by atoms with Crippen molar-refractivity contribution in [3.8, 4) is 11.5 Å². The lowest BCUT2D eigenvalue weighted by Gasteiger charge is -2.19. The van der Waals surface area contributed by atoms with Crippen LogP contribution in [0.4, 0.5) is 26.3 Å². The van der Waals surface area contributed by atoms with Crippen LogP contribution in [-0.4, -0.2) is 11.5 Å². The molecule has 2 rings (SSSR count). The van der Waals surface area contributed by atoms with Gasteiger partial charge in [0.05, 0.1) is 11.6 Å². The van der Waals surface area contributed by atoms with Crippen molar-refractivity contribution in [2.45, 2.75) is 18.6 Å². The van der Waals surface area contributed by atoms with Crippen LogP contribution in [0.3, 0.4) is 0 Å². The number of phenols is 1. The van der Waals surface area contributed by atoms with Crippen LogP contribution in [0.25, 0.3) is 0 Å². The molecule has 0 fully saturated rings. The molecule has 0 amide bonds. The quantitative estimate of drug-likeness (QED) is 0.584. The molecule has 11 heteroatoms. The number of hydrogen-bond acceptors (Lipinski definition) is 3. The predicted molar refractivity (Wildman–Crippen MR) is 87.2 cm³/mol. The third-order valence-corrected chi connectivity index (χ3v) is 3.68. The zero-order chi connectivity index (χ0) is 19.0. The summed E-state index contributed by atoms with van der Waals surface area (Å²) in [4.78, 5) is 0. The first-order valence-corrected chi connectivity index (χ1v) is 7.38. The average molecular weight is 467 g/mol. The van der Waals surface area contributed by atoms with Crippen LogP contribution < -0.4 is 10.5 Å². The van der Waals surface area contributed by atoms with E-state index in [1.807, 2.05) is 0 Å². The lowest BCUT2D eigenvalue weighted by molar-refractivity contribution is -0.274. The van der Waals surface area contributed by atoms with Crippen molar-refractivity contribution in [3.05, 3.63) is 57.6 Å². The van der Waals surface area contributed by atoms with Gasteiger partial charge in [-0.3, -0.25) is 0 Å². The van der Waals surface area contributed by atoms with Crippen LogP contribution in [0.5, 0.6) is 11.5 Å². The highest BCUT2D eigenvalue weighted by Crippen LogP contribution is 2.42. The highest BCUT2D eigenvalue weighted by molar-refractivity contribution is 9.10. The van der Waals surface area contributed by atoms with Gasteiger partial charge in [-0.05, 0) is 29.8 Å². The Kier molecular flexibility index (Phi) is 6.83. The van der Waals surface area contributed by atoms with Gasteiger partial charge in [0.1, 0.15) is 11.5 Å². The van der Waals surface area contributed by atoms with Gasteiger partial charge in [0.25, 0.3) is 0 Å². The maximum absolute atomic E-state index is 12.9. The van der Waals surface area contributed by atoms with E-state index >= 15 is 0 Å². The molecule has 3 nitrogen and oxygen atoms in total. The first-order valence-electron chi connectivity index (χ1n) is 6.59. The maximum atomic E-state index is 12.9. The van der Waals surface area contributed by atoms with Gasteiger partial charge >= 0.3 is 12.5 Å². The van der Waals surface area contributed by atoms with Crippen LogP contribution >= 0.6 is 28.3 Å². The monoisotopic (exact) mass is 465 g/mol. The minimum absolute atomic E-state index is 0. The van der Waals surface area contributed by atoms with Crippen molar-refractivity contribution in [3.63, 3.8) is 0 Å². The fourth-order valence-electron chi connectivity index (χ4n) is 2.13. The van der Waals surface area contributed by atoms with Crippen LogP contribution in [0.2, 0.25) is 0 Å². The van der Waals surface area contributed by atoms with E-state index in [2.05, 4.69) is 20.7 Å². The minimum atomic E-state index is -4.87. The first-order chi connectivity index (χ1) is 11.4. The lowest BCUT2D eigenvalue weighted by Crippen LogP contribution is -2.17. The molecule has 0 bridgehead atoms. The van der Waals surface area contributed by atoms with E-state index in [9.17, 15) is 31.4 Å². The van der Waals surface area contributed by atoms with E-state index in [0.29, 0.717) is 6.07 Å². The SMILES string of the molecule is Cl.N[C@H](c1ccc(OC(F)(F)F)cc1)c1cc(Br)cc(C(F)(F)F)c1O. The Balaban J connectivity index is 0.00000338. The number of hydrogen-bond donors (Lipinski definition) is 2. The van der Waals surface area contributed by atoms with E-state index in [1.165, 1.54) is 18.2 Å². The smallest absolute Gasteiger partial charge is 0.507 e. The number of aromatic hydroxyl groups is 1. The summed E-state index contributed by atoms with van der Waals surface area (Å²) in [6.07, 6.45) is -9.67. The fraction of sp³-hybridized carbons (Fsp3) is 0.200. The molecule has 0 saturated heterocycles. The number of rotatable bonds is 3. The molecule has 26 heavy (non-hydrogen) atoms. The number of alkyl halides is 6. The van der Waals surface area contributed by atoms with Crippen LogP contribution in [0.1, 0.15) is 22.7 Å². The number of benzene rings is 2. The molecule has 2 aromatic carbocycles. The van der Waals surface area contributed by atoms with E-state index < -0.39 is 35.6 Å². The summed E-state index contributed by atoms with van der Waals surface area (Å²) in [7, 11) is 0. The molecule has 144 valence electrons. The summed E-state index contributed by atoms with van der Waals surface area (Å²) in [6.45, 7) is 0. The summed E-state index contributed by atoms with van der Waals surface area (Å²) in [5.41, 5.74) is 4.55. The number of nitrogens with two attached hydrogens (primary N) is 1. The molecule has 0 aliphatic rings. The van der Waals surface area contributed by atoms with Gasteiger partial charge in [-0.15, -0.1) is 25.6 Å². The van der Waals surface area contributed by atoms with Gasteiger partial charge in [-0.2, -0.15) is 13.2 Å². The van der Waals surface area contributed by atoms with Gasteiger partial charge < -0.3 is 15.6 Å². The maximum Gasteiger partial charge on any atom is 0.573 e. The van der Waals surface area contributed by atoms with Crippen molar-refractivity contribution in [1.29, 1.82) is 0 Å². The second-order valence-corrected chi connectivity index (χ2v) is 5.90. The Hall–Kier alpha value is -1.65. The van der Waals surface area contributed by atoms with Gasteiger partial charge in [0, 0.05) is 10.0 Å². The van der Waals surface area contributed by atoms with Crippen LogP contribution in [0, 0.1) is 0 Å². The highest BCUT2D eigenvalue weighted by Gasteiger charge is 2.36. The second kappa shape index (κ2) is 7.93. The Labute approximate surface area is 158 Å². The third-order valence-electron chi connectivity index (χ3n) is 3.22. The highest BCUT2D eigenvalue weighted by atomic mass is 79.9. The zero-order valence-electron chi connectivity index (χ0n) is 12.5. The molecular formula is C15H11BrClF6NO2. The van der Waals surface area contributed by atoms with Crippen molar-refractivity contribution >= 4 is 28.3 Å².